The lowest BCUT2D eigenvalue weighted by Crippen LogP contribution is -2.12. The Labute approximate surface area is 120 Å². The number of aryl methyl sites for hydroxylation is 1. The summed E-state index contributed by atoms with van der Waals surface area (Å²) in [5.41, 5.74) is 4.12. The van der Waals surface area contributed by atoms with Crippen LogP contribution in [-0.4, -0.2) is 12.6 Å². The van der Waals surface area contributed by atoms with E-state index in [1.165, 1.54) is 11.3 Å². The molecular weight excluding hydrogens is 280 g/mol. The fourth-order valence-corrected chi connectivity index (χ4v) is 3.83. The van der Waals surface area contributed by atoms with Gasteiger partial charge in [0.15, 0.2) is 0 Å². The van der Waals surface area contributed by atoms with E-state index in [2.05, 4.69) is 12.3 Å². The van der Waals surface area contributed by atoms with Gasteiger partial charge in [0.1, 0.15) is 10.6 Å². The minimum absolute atomic E-state index is 0.324. The Hall–Kier alpha value is -1.37. The second-order valence-corrected chi connectivity index (χ2v) is 5.85. The summed E-state index contributed by atoms with van der Waals surface area (Å²) in [6, 6.07) is 3.98. The van der Waals surface area contributed by atoms with Crippen LogP contribution >= 0.6 is 22.7 Å². The van der Waals surface area contributed by atoms with E-state index in [9.17, 15) is 4.79 Å². The van der Waals surface area contributed by atoms with Gasteiger partial charge in [0.25, 0.3) is 0 Å². The summed E-state index contributed by atoms with van der Waals surface area (Å²) >= 11 is 3.12. The Kier molecular flexibility index (Phi) is 4.57. The van der Waals surface area contributed by atoms with Gasteiger partial charge in [-0.05, 0) is 24.8 Å². The number of esters is 1. The first-order chi connectivity index (χ1) is 9.22. The largest absolute Gasteiger partial charge is 0.462 e. The summed E-state index contributed by atoms with van der Waals surface area (Å²) in [6.45, 7) is 4.22. The van der Waals surface area contributed by atoms with Gasteiger partial charge >= 0.3 is 5.97 Å². The molecule has 4 nitrogen and oxygen atoms in total. The maximum absolute atomic E-state index is 12.2. The predicted molar refractivity (Wildman–Crippen MR) is 80.8 cm³/mol. The summed E-state index contributed by atoms with van der Waals surface area (Å²) in [5, 5.41) is 2.66. The maximum atomic E-state index is 12.2. The molecule has 19 heavy (non-hydrogen) atoms. The normalized spacial score (nSPS) is 10.5. The molecule has 6 heteroatoms. The first-order valence-electron chi connectivity index (χ1n) is 6.06. The molecule has 3 N–H and O–H groups in total. The SMILES string of the molecule is CCOC(=O)c1c(NN)sc(CC)c1-c1cccs1. The fraction of sp³-hybridized carbons (Fsp3) is 0.308. The van der Waals surface area contributed by atoms with Crippen molar-refractivity contribution in [2.24, 2.45) is 5.84 Å². The molecule has 0 atom stereocenters. The fourth-order valence-electron chi connectivity index (χ4n) is 1.91. The number of carbonyl (C=O) groups is 1. The van der Waals surface area contributed by atoms with Gasteiger partial charge in [0.05, 0.1) is 6.61 Å². The maximum Gasteiger partial charge on any atom is 0.341 e. The molecule has 0 radical (unpaired) electrons. The molecule has 2 aromatic heterocycles. The van der Waals surface area contributed by atoms with Crippen molar-refractivity contribution in [1.82, 2.24) is 0 Å². The van der Waals surface area contributed by atoms with Gasteiger partial charge in [-0.3, -0.25) is 0 Å². The molecule has 0 bridgehead atoms. The summed E-state index contributed by atoms with van der Waals surface area (Å²) in [6.07, 6.45) is 0.853. The third-order valence-electron chi connectivity index (χ3n) is 2.68. The van der Waals surface area contributed by atoms with Crippen molar-refractivity contribution >= 4 is 33.6 Å². The number of hydrogen-bond donors (Lipinski definition) is 2. The molecule has 102 valence electrons. The Morgan fingerprint density at radius 2 is 2.26 bits per heavy atom. The van der Waals surface area contributed by atoms with Crippen molar-refractivity contribution in [2.45, 2.75) is 20.3 Å². The number of nitrogens with one attached hydrogen (secondary N) is 1. The zero-order valence-electron chi connectivity index (χ0n) is 10.9. The van der Waals surface area contributed by atoms with Crippen LogP contribution in [0.4, 0.5) is 5.00 Å². The second kappa shape index (κ2) is 6.18. The van der Waals surface area contributed by atoms with E-state index in [0.29, 0.717) is 17.2 Å². The topological polar surface area (TPSA) is 64.3 Å². The van der Waals surface area contributed by atoms with E-state index >= 15 is 0 Å². The van der Waals surface area contributed by atoms with Gasteiger partial charge < -0.3 is 10.2 Å². The van der Waals surface area contributed by atoms with Crippen LogP contribution in [0, 0.1) is 0 Å². The molecule has 0 saturated heterocycles. The average molecular weight is 296 g/mol. The lowest BCUT2D eigenvalue weighted by atomic mass is 10.1. The van der Waals surface area contributed by atoms with E-state index in [0.717, 1.165) is 21.7 Å². The van der Waals surface area contributed by atoms with Crippen LogP contribution in [0.2, 0.25) is 0 Å². The standard InChI is InChI=1S/C13H16N2O2S2/c1-3-8-10(9-6-5-7-18-9)11(12(15-14)19-8)13(16)17-4-2/h5-7,15H,3-4,14H2,1-2H3. The molecule has 0 aliphatic rings. The molecule has 2 rings (SSSR count). The highest BCUT2D eigenvalue weighted by atomic mass is 32.1. The smallest absolute Gasteiger partial charge is 0.341 e. The van der Waals surface area contributed by atoms with Gasteiger partial charge in [-0.2, -0.15) is 0 Å². The number of nitrogen functional groups attached to an aromatic ring is 1. The number of carbonyl (C=O) groups excluding carboxylic acids is 1. The number of anilines is 1. The molecule has 0 fully saturated rings. The first-order valence-corrected chi connectivity index (χ1v) is 7.75. The molecule has 0 unspecified atom stereocenters. The second-order valence-electron chi connectivity index (χ2n) is 3.80. The van der Waals surface area contributed by atoms with E-state index in [1.807, 2.05) is 17.5 Å². The molecule has 0 saturated carbocycles. The number of ether oxygens (including phenoxy) is 1. The van der Waals surface area contributed by atoms with Gasteiger partial charge in [-0.25, -0.2) is 10.6 Å². The van der Waals surface area contributed by atoms with Gasteiger partial charge in [0.2, 0.25) is 0 Å². The monoisotopic (exact) mass is 296 g/mol. The van der Waals surface area contributed by atoms with E-state index in [4.69, 9.17) is 10.6 Å². The highest BCUT2D eigenvalue weighted by Gasteiger charge is 2.25. The third kappa shape index (κ3) is 2.65. The van der Waals surface area contributed by atoms with Crippen molar-refractivity contribution in [3.63, 3.8) is 0 Å². The molecular formula is C13H16N2O2S2. The van der Waals surface area contributed by atoms with Crippen molar-refractivity contribution in [3.05, 3.63) is 28.0 Å². The van der Waals surface area contributed by atoms with E-state index < -0.39 is 0 Å². The zero-order valence-corrected chi connectivity index (χ0v) is 12.5. The lowest BCUT2D eigenvalue weighted by Gasteiger charge is -2.06. The molecule has 0 aliphatic heterocycles. The number of rotatable bonds is 5. The number of hydrazine groups is 1. The van der Waals surface area contributed by atoms with Crippen molar-refractivity contribution in [3.8, 4) is 10.4 Å². The predicted octanol–water partition coefficient (Wildman–Crippen LogP) is 3.50. The number of nitrogens with two attached hydrogens (primary N) is 1. The Bertz CT molecular complexity index is 561. The zero-order chi connectivity index (χ0) is 13.8. The van der Waals surface area contributed by atoms with Crippen molar-refractivity contribution in [2.75, 3.05) is 12.0 Å². The highest BCUT2D eigenvalue weighted by molar-refractivity contribution is 7.18. The number of hydrogen-bond acceptors (Lipinski definition) is 6. The molecule has 0 aliphatic carbocycles. The summed E-state index contributed by atoms with van der Waals surface area (Å²) in [7, 11) is 0. The van der Waals surface area contributed by atoms with E-state index in [-0.39, 0.29) is 5.97 Å². The van der Waals surface area contributed by atoms with Gasteiger partial charge in [0, 0.05) is 15.3 Å². The third-order valence-corrected chi connectivity index (χ3v) is 4.83. The lowest BCUT2D eigenvalue weighted by molar-refractivity contribution is 0.0529. The van der Waals surface area contributed by atoms with E-state index in [1.54, 1.807) is 18.3 Å². The van der Waals surface area contributed by atoms with Crippen LogP contribution < -0.4 is 11.3 Å². The minimum Gasteiger partial charge on any atom is -0.462 e. The molecule has 2 heterocycles. The van der Waals surface area contributed by atoms with Crippen LogP contribution in [0.1, 0.15) is 29.1 Å². The first kappa shape index (κ1) is 14.0. The molecule has 2 aromatic rings. The minimum atomic E-state index is -0.324. The van der Waals surface area contributed by atoms with Crippen molar-refractivity contribution < 1.29 is 9.53 Å². The summed E-state index contributed by atoms with van der Waals surface area (Å²) in [5.74, 6) is 5.21. The van der Waals surface area contributed by atoms with Crippen LogP contribution in [0.25, 0.3) is 10.4 Å². The molecule has 0 spiro atoms. The molecule has 0 aromatic carbocycles. The quantitative estimate of drug-likeness (QED) is 0.503. The molecule has 0 amide bonds. The number of thiophene rings is 2. The van der Waals surface area contributed by atoms with Gasteiger partial charge in [-0.15, -0.1) is 22.7 Å². The van der Waals surface area contributed by atoms with Crippen LogP contribution in [0.5, 0.6) is 0 Å². The highest BCUT2D eigenvalue weighted by Crippen LogP contribution is 2.42. The van der Waals surface area contributed by atoms with Crippen LogP contribution in [0.15, 0.2) is 17.5 Å². The van der Waals surface area contributed by atoms with Crippen LogP contribution in [-0.2, 0) is 11.2 Å². The Morgan fingerprint density at radius 1 is 1.47 bits per heavy atom. The summed E-state index contributed by atoms with van der Waals surface area (Å²) < 4.78 is 5.14. The average Bonchev–Trinajstić information content (AvgIpc) is 3.05. The van der Waals surface area contributed by atoms with Crippen LogP contribution in [0.3, 0.4) is 0 Å². The Balaban J connectivity index is 2.61. The van der Waals surface area contributed by atoms with Crippen molar-refractivity contribution in [1.29, 1.82) is 0 Å². The Morgan fingerprint density at radius 3 is 2.79 bits per heavy atom. The van der Waals surface area contributed by atoms with Gasteiger partial charge in [-0.1, -0.05) is 13.0 Å². The summed E-state index contributed by atoms with van der Waals surface area (Å²) in [4.78, 5) is 14.4.